The molecule has 0 aromatic carbocycles. The lowest BCUT2D eigenvalue weighted by Crippen LogP contribution is -2.25. The summed E-state index contributed by atoms with van der Waals surface area (Å²) in [6.45, 7) is 1.76. The first-order valence-electron chi connectivity index (χ1n) is 7.12. The number of aromatic carboxylic acids is 1. The average Bonchev–Trinajstić information content (AvgIpc) is 2.48. The van der Waals surface area contributed by atoms with Crippen LogP contribution < -0.4 is 5.32 Å². The van der Waals surface area contributed by atoms with Crippen LogP contribution in [0.4, 0.5) is 0 Å². The van der Waals surface area contributed by atoms with Crippen LogP contribution in [0.15, 0.2) is 12.5 Å². The van der Waals surface area contributed by atoms with Gasteiger partial charge in [-0.3, -0.25) is 0 Å². The summed E-state index contributed by atoms with van der Waals surface area (Å²) in [4.78, 5) is 18.7. The smallest absolute Gasteiger partial charge is 0.339 e. The third-order valence-corrected chi connectivity index (χ3v) is 3.50. The summed E-state index contributed by atoms with van der Waals surface area (Å²) in [6.07, 6.45) is 9.27. The molecule has 0 unspecified atom stereocenters. The fraction of sp³-hybridized carbons (Fsp3) is 0.643. The molecule has 6 heteroatoms. The van der Waals surface area contributed by atoms with Gasteiger partial charge in [-0.05, 0) is 12.8 Å². The van der Waals surface area contributed by atoms with Crippen LogP contribution in [0.3, 0.4) is 0 Å². The average molecular weight is 279 g/mol. The van der Waals surface area contributed by atoms with Crippen molar-refractivity contribution in [1.82, 2.24) is 15.3 Å². The molecular weight excluding hydrogens is 258 g/mol. The highest BCUT2D eigenvalue weighted by molar-refractivity contribution is 5.88. The molecule has 1 aliphatic rings. The summed E-state index contributed by atoms with van der Waals surface area (Å²) in [7, 11) is 0. The van der Waals surface area contributed by atoms with Crippen LogP contribution in [-0.2, 0) is 11.3 Å². The summed E-state index contributed by atoms with van der Waals surface area (Å²) in [5.41, 5.74) is 0.651. The van der Waals surface area contributed by atoms with Gasteiger partial charge in [0.05, 0.1) is 18.4 Å². The van der Waals surface area contributed by atoms with Gasteiger partial charge in [-0.15, -0.1) is 0 Å². The Kier molecular flexibility index (Phi) is 5.88. The number of rotatable bonds is 7. The number of nitrogens with zero attached hydrogens (tertiary/aromatic N) is 2. The maximum absolute atomic E-state index is 11.0. The van der Waals surface area contributed by atoms with Gasteiger partial charge in [-0.1, -0.05) is 19.3 Å². The molecule has 1 heterocycles. The van der Waals surface area contributed by atoms with E-state index in [1.54, 1.807) is 0 Å². The van der Waals surface area contributed by atoms with Crippen molar-refractivity contribution >= 4 is 5.97 Å². The number of carboxylic acid groups (broad SMARTS) is 1. The minimum atomic E-state index is -0.999. The number of hydrogen-bond acceptors (Lipinski definition) is 5. The Hall–Kier alpha value is -1.53. The SMILES string of the molecule is O=C(O)c1cncnc1CNCCOC1CCCCC1. The lowest BCUT2D eigenvalue weighted by Gasteiger charge is -2.22. The van der Waals surface area contributed by atoms with Gasteiger partial charge >= 0.3 is 5.97 Å². The van der Waals surface area contributed by atoms with Crippen molar-refractivity contribution < 1.29 is 14.6 Å². The zero-order valence-corrected chi connectivity index (χ0v) is 11.5. The van der Waals surface area contributed by atoms with Crippen molar-refractivity contribution in [3.8, 4) is 0 Å². The third-order valence-electron chi connectivity index (χ3n) is 3.50. The molecule has 0 atom stereocenters. The molecule has 1 aromatic rings. The maximum Gasteiger partial charge on any atom is 0.339 e. The number of carbonyl (C=O) groups is 1. The van der Waals surface area contributed by atoms with Gasteiger partial charge in [-0.25, -0.2) is 14.8 Å². The van der Waals surface area contributed by atoms with Crippen LogP contribution >= 0.6 is 0 Å². The normalized spacial score (nSPS) is 16.2. The number of aromatic nitrogens is 2. The quantitative estimate of drug-likeness (QED) is 0.738. The summed E-state index contributed by atoms with van der Waals surface area (Å²) in [6, 6.07) is 0. The van der Waals surface area contributed by atoms with E-state index in [-0.39, 0.29) is 5.56 Å². The second kappa shape index (κ2) is 7.91. The van der Waals surface area contributed by atoms with Crippen molar-refractivity contribution in [3.05, 3.63) is 23.8 Å². The molecule has 2 N–H and O–H groups in total. The van der Waals surface area contributed by atoms with Gasteiger partial charge in [0.25, 0.3) is 0 Å². The topological polar surface area (TPSA) is 84.3 Å². The van der Waals surface area contributed by atoms with E-state index in [0.717, 1.165) is 12.8 Å². The highest BCUT2D eigenvalue weighted by atomic mass is 16.5. The van der Waals surface area contributed by atoms with Crippen LogP contribution in [0.25, 0.3) is 0 Å². The van der Waals surface area contributed by atoms with Crippen LogP contribution in [0.5, 0.6) is 0 Å². The van der Waals surface area contributed by atoms with E-state index in [2.05, 4.69) is 15.3 Å². The summed E-state index contributed by atoms with van der Waals surface area (Å²) >= 11 is 0. The molecule has 20 heavy (non-hydrogen) atoms. The Morgan fingerprint density at radius 1 is 1.40 bits per heavy atom. The van der Waals surface area contributed by atoms with Gasteiger partial charge in [0.1, 0.15) is 11.9 Å². The van der Waals surface area contributed by atoms with Crippen LogP contribution in [-0.4, -0.2) is 40.3 Å². The maximum atomic E-state index is 11.0. The summed E-state index contributed by atoms with van der Waals surface area (Å²) in [5.74, 6) is -0.999. The second-order valence-electron chi connectivity index (χ2n) is 5.00. The molecular formula is C14H21N3O3. The molecule has 0 radical (unpaired) electrons. The van der Waals surface area contributed by atoms with Crippen LogP contribution in [0.1, 0.15) is 48.2 Å². The standard InChI is InChI=1S/C14H21N3O3/c18-14(19)12-8-16-10-17-13(12)9-15-6-7-20-11-4-2-1-3-5-11/h8,10-11,15H,1-7,9H2,(H,18,19). The molecule has 1 saturated carbocycles. The number of hydrogen-bond donors (Lipinski definition) is 2. The van der Waals surface area contributed by atoms with E-state index in [9.17, 15) is 4.79 Å². The number of carboxylic acids is 1. The molecule has 0 aliphatic heterocycles. The minimum absolute atomic E-state index is 0.146. The van der Waals surface area contributed by atoms with Gasteiger partial charge in [0, 0.05) is 19.3 Å². The molecule has 110 valence electrons. The predicted octanol–water partition coefficient (Wildman–Crippen LogP) is 1.61. The number of ether oxygens (including phenoxy) is 1. The Balaban J connectivity index is 1.67. The molecule has 0 spiro atoms. The first kappa shape index (κ1) is 14.9. The largest absolute Gasteiger partial charge is 0.478 e. The Bertz CT molecular complexity index is 433. The summed E-state index contributed by atoms with van der Waals surface area (Å²) in [5, 5.41) is 12.2. The van der Waals surface area contributed by atoms with E-state index in [0.29, 0.717) is 31.5 Å². The highest BCUT2D eigenvalue weighted by Crippen LogP contribution is 2.19. The van der Waals surface area contributed by atoms with Crippen molar-refractivity contribution in [2.24, 2.45) is 0 Å². The van der Waals surface area contributed by atoms with Gasteiger partial charge < -0.3 is 15.2 Å². The second-order valence-corrected chi connectivity index (χ2v) is 5.00. The van der Waals surface area contributed by atoms with Crippen molar-refractivity contribution in [1.29, 1.82) is 0 Å². The van der Waals surface area contributed by atoms with Crippen molar-refractivity contribution in [2.45, 2.75) is 44.8 Å². The monoisotopic (exact) mass is 279 g/mol. The van der Waals surface area contributed by atoms with E-state index < -0.39 is 5.97 Å². The fourth-order valence-electron chi connectivity index (χ4n) is 2.41. The van der Waals surface area contributed by atoms with E-state index in [4.69, 9.17) is 9.84 Å². The van der Waals surface area contributed by atoms with Gasteiger partial charge in [0.2, 0.25) is 0 Å². The third kappa shape index (κ3) is 4.54. The fourth-order valence-corrected chi connectivity index (χ4v) is 2.41. The molecule has 2 rings (SSSR count). The first-order chi connectivity index (χ1) is 9.77. The molecule has 1 aromatic heterocycles. The molecule has 0 saturated heterocycles. The zero-order chi connectivity index (χ0) is 14.2. The van der Waals surface area contributed by atoms with Crippen molar-refractivity contribution in [2.75, 3.05) is 13.2 Å². The molecule has 0 amide bonds. The van der Waals surface area contributed by atoms with Crippen LogP contribution in [0, 0.1) is 0 Å². The van der Waals surface area contributed by atoms with Gasteiger partial charge in [0.15, 0.2) is 0 Å². The van der Waals surface area contributed by atoms with E-state index in [1.807, 2.05) is 0 Å². The number of nitrogens with one attached hydrogen (secondary N) is 1. The molecule has 0 bridgehead atoms. The van der Waals surface area contributed by atoms with E-state index >= 15 is 0 Å². The zero-order valence-electron chi connectivity index (χ0n) is 11.5. The molecule has 6 nitrogen and oxygen atoms in total. The first-order valence-corrected chi connectivity index (χ1v) is 7.12. The Labute approximate surface area is 118 Å². The van der Waals surface area contributed by atoms with E-state index in [1.165, 1.54) is 31.8 Å². The summed E-state index contributed by atoms with van der Waals surface area (Å²) < 4.78 is 5.79. The molecule has 1 fully saturated rings. The Morgan fingerprint density at radius 2 is 2.20 bits per heavy atom. The Morgan fingerprint density at radius 3 is 2.95 bits per heavy atom. The lowest BCUT2D eigenvalue weighted by molar-refractivity contribution is 0.0302. The van der Waals surface area contributed by atoms with Crippen molar-refractivity contribution in [3.63, 3.8) is 0 Å². The van der Waals surface area contributed by atoms with Crippen LogP contribution in [0.2, 0.25) is 0 Å². The van der Waals surface area contributed by atoms with Gasteiger partial charge in [-0.2, -0.15) is 0 Å². The minimum Gasteiger partial charge on any atom is -0.478 e. The molecule has 1 aliphatic carbocycles. The lowest BCUT2D eigenvalue weighted by atomic mass is 9.98. The highest BCUT2D eigenvalue weighted by Gasteiger charge is 2.13. The predicted molar refractivity (Wildman–Crippen MR) is 73.5 cm³/mol.